The zero-order valence-electron chi connectivity index (χ0n) is 17.4. The van der Waals surface area contributed by atoms with E-state index in [2.05, 4.69) is 15.0 Å². The molecule has 0 saturated heterocycles. The van der Waals surface area contributed by atoms with Crippen LogP contribution in [0.5, 0.6) is 11.6 Å². The Bertz CT molecular complexity index is 1190. The van der Waals surface area contributed by atoms with E-state index in [1.807, 2.05) is 6.07 Å². The van der Waals surface area contributed by atoms with Gasteiger partial charge in [-0.2, -0.15) is 0 Å². The summed E-state index contributed by atoms with van der Waals surface area (Å²) in [5, 5.41) is 0. The standard InChI is InChI=1S/C24H23FN4O3/c25-17-4-8-21(29-12-17)32-18-5-6-19(27-13-18)24(22(26)31)14-23(24)9-1-2-15(10-23)16-3-7-20(30)28-11-16/h3-8,11-13,15H,1-2,9-10,14H2,(H2,26,31)(H,28,30). The van der Waals surface area contributed by atoms with Gasteiger partial charge in [0.15, 0.2) is 0 Å². The number of pyridine rings is 3. The number of primary amides is 1. The van der Waals surface area contributed by atoms with E-state index < -0.39 is 11.2 Å². The van der Waals surface area contributed by atoms with Crippen molar-refractivity contribution < 1.29 is 13.9 Å². The molecule has 32 heavy (non-hydrogen) atoms. The van der Waals surface area contributed by atoms with Gasteiger partial charge in [0, 0.05) is 18.3 Å². The normalized spacial score (nSPS) is 26.6. The van der Waals surface area contributed by atoms with E-state index >= 15 is 0 Å². The van der Waals surface area contributed by atoms with E-state index in [1.165, 1.54) is 12.1 Å². The smallest absolute Gasteiger partial charge is 0.247 e. The second-order valence-corrected chi connectivity index (χ2v) is 8.80. The number of amides is 1. The van der Waals surface area contributed by atoms with Crippen molar-refractivity contribution in [3.63, 3.8) is 0 Å². The van der Waals surface area contributed by atoms with Gasteiger partial charge in [0.1, 0.15) is 11.6 Å². The van der Waals surface area contributed by atoms with Crippen LogP contribution < -0.4 is 16.0 Å². The summed E-state index contributed by atoms with van der Waals surface area (Å²) >= 11 is 0. The van der Waals surface area contributed by atoms with Crippen LogP contribution in [0.3, 0.4) is 0 Å². The zero-order valence-corrected chi connectivity index (χ0v) is 17.4. The Morgan fingerprint density at radius 2 is 2.03 bits per heavy atom. The summed E-state index contributed by atoms with van der Waals surface area (Å²) in [5.41, 5.74) is 6.51. The fourth-order valence-electron chi connectivity index (χ4n) is 5.41. The molecular weight excluding hydrogens is 411 g/mol. The molecule has 2 aliphatic carbocycles. The first kappa shape index (κ1) is 20.4. The quantitative estimate of drug-likeness (QED) is 0.638. The van der Waals surface area contributed by atoms with Crippen LogP contribution in [0.25, 0.3) is 0 Å². The maximum atomic E-state index is 13.0. The second kappa shape index (κ2) is 7.55. The first-order chi connectivity index (χ1) is 15.4. The van der Waals surface area contributed by atoms with Crippen molar-refractivity contribution >= 4 is 5.91 Å². The monoisotopic (exact) mass is 434 g/mol. The van der Waals surface area contributed by atoms with Gasteiger partial charge in [-0.25, -0.2) is 9.37 Å². The Labute approximate surface area is 183 Å². The van der Waals surface area contributed by atoms with Crippen molar-refractivity contribution in [3.8, 4) is 11.6 Å². The Kier molecular flexibility index (Phi) is 4.80. The summed E-state index contributed by atoms with van der Waals surface area (Å²) in [5.74, 6) is 0.150. The molecule has 1 spiro atoms. The minimum absolute atomic E-state index is 0.125. The van der Waals surface area contributed by atoms with Crippen LogP contribution >= 0.6 is 0 Å². The Hall–Kier alpha value is -3.55. The number of aromatic nitrogens is 3. The van der Waals surface area contributed by atoms with Crippen molar-refractivity contribution in [2.45, 2.75) is 43.4 Å². The van der Waals surface area contributed by atoms with E-state index in [9.17, 15) is 14.0 Å². The summed E-state index contributed by atoms with van der Waals surface area (Å²) in [6, 6.07) is 9.62. The summed E-state index contributed by atoms with van der Waals surface area (Å²) < 4.78 is 18.6. The molecule has 1 amide bonds. The van der Waals surface area contributed by atoms with Crippen LogP contribution in [-0.2, 0) is 10.2 Å². The summed E-state index contributed by atoms with van der Waals surface area (Å²) in [4.78, 5) is 35.3. The molecule has 3 heterocycles. The summed E-state index contributed by atoms with van der Waals surface area (Å²) in [7, 11) is 0. The fraction of sp³-hybridized carbons (Fsp3) is 0.333. The predicted molar refractivity (Wildman–Crippen MR) is 115 cm³/mol. The van der Waals surface area contributed by atoms with Gasteiger partial charge >= 0.3 is 0 Å². The molecule has 164 valence electrons. The number of rotatable bonds is 5. The Balaban J connectivity index is 1.39. The van der Waals surface area contributed by atoms with Crippen molar-refractivity contribution in [1.29, 1.82) is 0 Å². The minimum Gasteiger partial charge on any atom is -0.437 e. The Morgan fingerprint density at radius 1 is 1.16 bits per heavy atom. The molecule has 0 aromatic carbocycles. The molecule has 2 saturated carbocycles. The van der Waals surface area contributed by atoms with Gasteiger partial charge in [-0.15, -0.1) is 0 Å². The molecule has 8 heteroatoms. The van der Waals surface area contributed by atoms with E-state index in [0.29, 0.717) is 17.9 Å². The molecule has 3 aromatic heterocycles. The highest BCUT2D eigenvalue weighted by Gasteiger charge is 2.72. The lowest BCUT2D eigenvalue weighted by molar-refractivity contribution is -0.121. The maximum absolute atomic E-state index is 13.0. The second-order valence-electron chi connectivity index (χ2n) is 8.80. The van der Waals surface area contributed by atoms with Crippen molar-refractivity contribution in [2.75, 3.05) is 0 Å². The van der Waals surface area contributed by atoms with Gasteiger partial charge in [0.05, 0.1) is 23.5 Å². The van der Waals surface area contributed by atoms with Gasteiger partial charge in [-0.3, -0.25) is 14.6 Å². The lowest BCUT2D eigenvalue weighted by atomic mass is 9.71. The number of carbonyl (C=O) groups is 1. The Morgan fingerprint density at radius 3 is 2.69 bits per heavy atom. The number of carbonyl (C=O) groups excluding carboxylic acids is 1. The number of ether oxygens (including phenoxy) is 1. The van der Waals surface area contributed by atoms with Gasteiger partial charge < -0.3 is 15.5 Å². The van der Waals surface area contributed by atoms with Crippen molar-refractivity contribution in [2.24, 2.45) is 11.1 Å². The summed E-state index contributed by atoms with van der Waals surface area (Å²) in [6.45, 7) is 0. The number of aromatic amines is 1. The third-order valence-corrected chi connectivity index (χ3v) is 7.03. The molecule has 3 atom stereocenters. The average molecular weight is 434 g/mol. The molecule has 0 radical (unpaired) electrons. The molecule has 0 bridgehead atoms. The molecule has 3 aromatic rings. The average Bonchev–Trinajstić information content (AvgIpc) is 3.44. The van der Waals surface area contributed by atoms with E-state index in [4.69, 9.17) is 10.5 Å². The number of hydrogen-bond acceptors (Lipinski definition) is 5. The van der Waals surface area contributed by atoms with Crippen molar-refractivity contribution in [1.82, 2.24) is 15.0 Å². The van der Waals surface area contributed by atoms with Gasteiger partial charge in [-0.05, 0) is 60.8 Å². The van der Waals surface area contributed by atoms with Gasteiger partial charge in [0.25, 0.3) is 0 Å². The highest BCUT2D eigenvalue weighted by atomic mass is 19.1. The number of nitrogens with one attached hydrogen (secondary N) is 1. The van der Waals surface area contributed by atoms with Crippen LogP contribution in [0.15, 0.2) is 59.8 Å². The molecule has 2 aliphatic rings. The zero-order chi connectivity index (χ0) is 22.3. The molecule has 0 aliphatic heterocycles. The molecule has 2 fully saturated rings. The third-order valence-electron chi connectivity index (χ3n) is 7.03. The van der Waals surface area contributed by atoms with Crippen LogP contribution in [0.2, 0.25) is 0 Å². The topological polar surface area (TPSA) is 111 Å². The first-order valence-corrected chi connectivity index (χ1v) is 10.7. The summed E-state index contributed by atoms with van der Waals surface area (Å²) in [6.07, 6.45) is 8.78. The third kappa shape index (κ3) is 3.36. The molecule has 5 rings (SSSR count). The van der Waals surface area contributed by atoms with Crippen LogP contribution in [-0.4, -0.2) is 20.9 Å². The molecule has 7 nitrogen and oxygen atoms in total. The number of nitrogens with zero attached hydrogens (tertiary/aromatic N) is 2. The predicted octanol–water partition coefficient (Wildman–Crippen LogP) is 3.57. The molecular formula is C24H23FN4O3. The number of H-pyrrole nitrogens is 1. The van der Waals surface area contributed by atoms with Crippen LogP contribution in [0.4, 0.5) is 4.39 Å². The van der Waals surface area contributed by atoms with Gasteiger partial charge in [0.2, 0.25) is 17.3 Å². The van der Waals surface area contributed by atoms with E-state index in [0.717, 1.165) is 37.4 Å². The number of halogens is 1. The highest BCUT2D eigenvalue weighted by Crippen LogP contribution is 2.72. The SMILES string of the molecule is NC(=O)C1(c2ccc(Oc3ccc(F)cn3)cn2)CC12CCCC(c1ccc(=O)[nH]c1)C2. The number of hydrogen-bond donors (Lipinski definition) is 2. The van der Waals surface area contributed by atoms with E-state index in [1.54, 1.807) is 30.6 Å². The highest BCUT2D eigenvalue weighted by molar-refractivity contribution is 5.91. The van der Waals surface area contributed by atoms with Gasteiger partial charge in [-0.1, -0.05) is 12.5 Å². The van der Waals surface area contributed by atoms with E-state index in [-0.39, 0.29) is 28.7 Å². The molecule has 3 N–H and O–H groups in total. The van der Waals surface area contributed by atoms with Crippen LogP contribution in [0, 0.1) is 11.2 Å². The number of nitrogens with two attached hydrogens (primary N) is 1. The minimum atomic E-state index is -0.805. The van der Waals surface area contributed by atoms with Crippen LogP contribution in [0.1, 0.15) is 49.3 Å². The fourth-order valence-corrected chi connectivity index (χ4v) is 5.41. The maximum Gasteiger partial charge on any atom is 0.247 e. The molecule has 3 unspecified atom stereocenters. The lowest BCUT2D eigenvalue weighted by Gasteiger charge is -2.33. The largest absolute Gasteiger partial charge is 0.437 e. The lowest BCUT2D eigenvalue weighted by Crippen LogP contribution is -2.37. The van der Waals surface area contributed by atoms with Crippen molar-refractivity contribution in [3.05, 3.63) is 82.4 Å². The first-order valence-electron chi connectivity index (χ1n) is 10.7.